The number of hydrogen-bond donors (Lipinski definition) is 1. The number of carbonyl (C=O) groups excluding carboxylic acids is 1. The highest BCUT2D eigenvalue weighted by molar-refractivity contribution is 7.86. The van der Waals surface area contributed by atoms with E-state index in [4.69, 9.17) is 0 Å². The van der Waals surface area contributed by atoms with E-state index in [9.17, 15) is 9.00 Å². The van der Waals surface area contributed by atoms with Gasteiger partial charge in [-0.05, 0) is 38.1 Å². The summed E-state index contributed by atoms with van der Waals surface area (Å²) >= 11 is 1.58. The van der Waals surface area contributed by atoms with Crippen LogP contribution >= 0.6 is 11.3 Å². The van der Waals surface area contributed by atoms with E-state index in [0.717, 1.165) is 16.3 Å². The first kappa shape index (κ1) is 16.1. The first-order valence-corrected chi connectivity index (χ1v) is 9.60. The summed E-state index contributed by atoms with van der Waals surface area (Å²) in [6.07, 6.45) is 1.78. The van der Waals surface area contributed by atoms with E-state index in [1.807, 2.05) is 43.5 Å². The van der Waals surface area contributed by atoms with Gasteiger partial charge in [0.2, 0.25) is 0 Å². The van der Waals surface area contributed by atoms with Crippen LogP contribution in [0.1, 0.15) is 13.8 Å². The molecule has 1 saturated heterocycles. The summed E-state index contributed by atoms with van der Waals surface area (Å²) in [5, 5.41) is 5.81. The standard InChI is InChI=1S/C16H19N3O2S2/c1-16(2)11-19(8-10-23(16)21)15(20)18-13-5-3-12(4-6-13)14-17-7-9-22-14/h3-7,9H,8,10-11H2,1-2H3,(H,18,20). The molecule has 1 unspecified atom stereocenters. The molecule has 7 heteroatoms. The molecule has 3 rings (SSSR count). The minimum Gasteiger partial charge on any atom is -0.322 e. The largest absolute Gasteiger partial charge is 0.322 e. The van der Waals surface area contributed by atoms with Crippen LogP contribution in [0.25, 0.3) is 10.6 Å². The number of nitrogens with one attached hydrogen (secondary N) is 1. The number of aromatic nitrogens is 1. The molecule has 0 spiro atoms. The number of amides is 2. The molecule has 1 atom stereocenters. The topological polar surface area (TPSA) is 62.3 Å². The summed E-state index contributed by atoms with van der Waals surface area (Å²) in [6.45, 7) is 4.90. The number of anilines is 1. The van der Waals surface area contributed by atoms with Crippen LogP contribution in [0.5, 0.6) is 0 Å². The Labute approximate surface area is 142 Å². The molecular weight excluding hydrogens is 330 g/mol. The van der Waals surface area contributed by atoms with Crippen LogP contribution in [-0.2, 0) is 10.8 Å². The van der Waals surface area contributed by atoms with Crippen molar-refractivity contribution in [1.29, 1.82) is 0 Å². The van der Waals surface area contributed by atoms with Crippen molar-refractivity contribution in [1.82, 2.24) is 9.88 Å². The Hall–Kier alpha value is -1.73. The lowest BCUT2D eigenvalue weighted by molar-refractivity contribution is 0.207. The van der Waals surface area contributed by atoms with Gasteiger partial charge in [-0.3, -0.25) is 4.21 Å². The highest BCUT2D eigenvalue weighted by Gasteiger charge is 2.35. The van der Waals surface area contributed by atoms with Gasteiger partial charge in [-0.25, -0.2) is 9.78 Å². The van der Waals surface area contributed by atoms with Gasteiger partial charge >= 0.3 is 6.03 Å². The quantitative estimate of drug-likeness (QED) is 0.906. The molecule has 23 heavy (non-hydrogen) atoms. The lowest BCUT2D eigenvalue weighted by atomic mass is 10.2. The number of hydrogen-bond acceptors (Lipinski definition) is 4. The average Bonchev–Trinajstić information content (AvgIpc) is 3.05. The third-order valence-corrected chi connectivity index (χ3v) is 6.57. The van der Waals surface area contributed by atoms with Gasteiger partial charge in [0, 0.05) is 52.5 Å². The fourth-order valence-electron chi connectivity index (χ4n) is 2.52. The maximum atomic E-state index is 12.4. The monoisotopic (exact) mass is 349 g/mol. The molecule has 1 aliphatic heterocycles. The van der Waals surface area contributed by atoms with Crippen LogP contribution in [0.3, 0.4) is 0 Å². The van der Waals surface area contributed by atoms with Crippen LogP contribution in [-0.4, -0.2) is 43.7 Å². The lowest BCUT2D eigenvalue weighted by Gasteiger charge is -2.37. The number of thiazole rings is 1. The third-order valence-electron chi connectivity index (χ3n) is 3.84. The Balaban J connectivity index is 1.65. The van der Waals surface area contributed by atoms with Crippen molar-refractivity contribution in [3.8, 4) is 10.6 Å². The smallest absolute Gasteiger partial charge is 0.321 e. The SMILES string of the molecule is CC1(C)CN(C(=O)Nc2ccc(-c3nccs3)cc2)CCS1=O. The van der Waals surface area contributed by atoms with E-state index in [-0.39, 0.29) is 10.8 Å². The molecular formula is C16H19N3O2S2. The number of carbonyl (C=O) groups is 1. The Morgan fingerprint density at radius 2 is 2.09 bits per heavy atom. The Morgan fingerprint density at radius 3 is 2.70 bits per heavy atom. The molecule has 0 bridgehead atoms. The summed E-state index contributed by atoms with van der Waals surface area (Å²) in [7, 11) is -0.882. The zero-order valence-corrected chi connectivity index (χ0v) is 14.7. The van der Waals surface area contributed by atoms with Gasteiger partial charge in [0.15, 0.2) is 0 Å². The van der Waals surface area contributed by atoms with Gasteiger partial charge in [-0.2, -0.15) is 0 Å². The molecule has 122 valence electrons. The molecule has 1 fully saturated rings. The second-order valence-electron chi connectivity index (χ2n) is 6.08. The molecule has 1 N–H and O–H groups in total. The van der Waals surface area contributed by atoms with E-state index in [0.29, 0.717) is 18.8 Å². The number of urea groups is 1. The van der Waals surface area contributed by atoms with Crippen LogP contribution in [0, 0.1) is 0 Å². The number of benzene rings is 1. The number of rotatable bonds is 2. The minimum absolute atomic E-state index is 0.142. The van der Waals surface area contributed by atoms with Crippen molar-refractivity contribution in [3.63, 3.8) is 0 Å². The molecule has 2 heterocycles. The van der Waals surface area contributed by atoms with Gasteiger partial charge < -0.3 is 10.2 Å². The zero-order chi connectivity index (χ0) is 16.4. The Bertz CT molecular complexity index is 711. The molecule has 1 aromatic heterocycles. The predicted octanol–water partition coefficient (Wildman–Crippen LogP) is 3.18. The fourth-order valence-corrected chi connectivity index (χ4v) is 4.40. The van der Waals surface area contributed by atoms with Crippen molar-refractivity contribution in [2.75, 3.05) is 24.2 Å². The second-order valence-corrected chi connectivity index (χ2v) is 9.17. The summed E-state index contributed by atoms with van der Waals surface area (Å²) < 4.78 is 11.6. The zero-order valence-electron chi connectivity index (χ0n) is 13.1. The maximum absolute atomic E-state index is 12.4. The Kier molecular flexibility index (Phi) is 4.50. The third kappa shape index (κ3) is 3.61. The van der Waals surface area contributed by atoms with E-state index < -0.39 is 10.8 Å². The lowest BCUT2D eigenvalue weighted by Crippen LogP contribution is -2.53. The molecule has 0 radical (unpaired) electrons. The maximum Gasteiger partial charge on any atom is 0.321 e. The fraction of sp³-hybridized carbons (Fsp3) is 0.375. The summed E-state index contributed by atoms with van der Waals surface area (Å²) in [5.41, 5.74) is 1.78. The molecule has 1 aliphatic rings. The van der Waals surface area contributed by atoms with Crippen molar-refractivity contribution in [2.24, 2.45) is 0 Å². The molecule has 2 amide bonds. The molecule has 0 saturated carbocycles. The predicted molar refractivity (Wildman–Crippen MR) is 95.2 cm³/mol. The molecule has 5 nitrogen and oxygen atoms in total. The van der Waals surface area contributed by atoms with E-state index in [1.165, 1.54) is 0 Å². The van der Waals surface area contributed by atoms with Crippen LogP contribution in [0.4, 0.5) is 10.5 Å². The Morgan fingerprint density at radius 1 is 1.35 bits per heavy atom. The molecule has 2 aromatic rings. The van der Waals surface area contributed by atoms with Crippen molar-refractivity contribution in [3.05, 3.63) is 35.8 Å². The van der Waals surface area contributed by atoms with Crippen molar-refractivity contribution >= 4 is 33.9 Å². The van der Waals surface area contributed by atoms with Crippen LogP contribution in [0.15, 0.2) is 35.8 Å². The minimum atomic E-state index is -0.882. The normalized spacial score (nSPS) is 20.3. The summed E-state index contributed by atoms with van der Waals surface area (Å²) in [6, 6.07) is 7.51. The van der Waals surface area contributed by atoms with Gasteiger partial charge in [-0.15, -0.1) is 11.3 Å². The van der Waals surface area contributed by atoms with Crippen molar-refractivity contribution in [2.45, 2.75) is 18.6 Å². The first-order valence-electron chi connectivity index (χ1n) is 7.40. The van der Waals surface area contributed by atoms with Gasteiger partial charge in [0.05, 0.1) is 4.75 Å². The van der Waals surface area contributed by atoms with Crippen molar-refractivity contribution < 1.29 is 9.00 Å². The van der Waals surface area contributed by atoms with Gasteiger partial charge in [0.1, 0.15) is 5.01 Å². The van der Waals surface area contributed by atoms with E-state index in [1.54, 1.807) is 22.4 Å². The van der Waals surface area contributed by atoms with E-state index >= 15 is 0 Å². The molecule has 0 aliphatic carbocycles. The summed E-state index contributed by atoms with van der Waals surface area (Å²) in [5.74, 6) is 0.531. The second kappa shape index (κ2) is 6.41. The highest BCUT2D eigenvalue weighted by atomic mass is 32.2. The van der Waals surface area contributed by atoms with Gasteiger partial charge in [-0.1, -0.05) is 0 Å². The van der Waals surface area contributed by atoms with Crippen LogP contribution in [0.2, 0.25) is 0 Å². The average molecular weight is 349 g/mol. The van der Waals surface area contributed by atoms with E-state index in [2.05, 4.69) is 10.3 Å². The van der Waals surface area contributed by atoms with Gasteiger partial charge in [0.25, 0.3) is 0 Å². The highest BCUT2D eigenvalue weighted by Crippen LogP contribution is 2.24. The van der Waals surface area contributed by atoms with Crippen LogP contribution < -0.4 is 5.32 Å². The first-order chi connectivity index (χ1) is 11.0. The summed E-state index contributed by atoms with van der Waals surface area (Å²) in [4.78, 5) is 18.4. The molecule has 1 aromatic carbocycles. The number of nitrogens with zero attached hydrogens (tertiary/aromatic N) is 2.